The molecule has 0 saturated heterocycles. The highest BCUT2D eigenvalue weighted by Gasteiger charge is 2.11. The fourth-order valence-corrected chi connectivity index (χ4v) is 2.19. The second-order valence-electron chi connectivity index (χ2n) is 5.15. The van der Waals surface area contributed by atoms with Crippen LogP contribution in [0.1, 0.15) is 18.4 Å². The zero-order valence-electron chi connectivity index (χ0n) is 13.0. The molecule has 0 spiro atoms. The first kappa shape index (κ1) is 16.5. The van der Waals surface area contributed by atoms with Crippen LogP contribution in [0.2, 0.25) is 0 Å². The van der Waals surface area contributed by atoms with Crippen LogP contribution in [0, 0.1) is 0 Å². The highest BCUT2D eigenvalue weighted by atomic mass is 16.4. The van der Waals surface area contributed by atoms with Gasteiger partial charge in [0.15, 0.2) is 0 Å². The van der Waals surface area contributed by atoms with Gasteiger partial charge in [0.1, 0.15) is 0 Å². The number of amides is 2. The standard InChI is InChI=1S/C16H20N4O3/c1-20-11-13(15(19-20)12-6-3-2-4-7-12)10-18-16(23)17-9-5-8-14(21)22/h2-4,6-7,11H,5,8-10H2,1H3,(H,21,22)(H2,17,18,23). The van der Waals surface area contributed by atoms with Crippen molar-refractivity contribution in [3.8, 4) is 11.3 Å². The molecule has 0 aliphatic heterocycles. The number of carboxylic acids is 1. The second-order valence-corrected chi connectivity index (χ2v) is 5.15. The van der Waals surface area contributed by atoms with Crippen molar-refractivity contribution < 1.29 is 14.7 Å². The normalized spacial score (nSPS) is 10.3. The number of benzene rings is 1. The van der Waals surface area contributed by atoms with Crippen LogP contribution in [0.3, 0.4) is 0 Å². The Morgan fingerprint density at radius 2 is 1.96 bits per heavy atom. The number of hydrogen-bond donors (Lipinski definition) is 3. The zero-order chi connectivity index (χ0) is 16.7. The molecule has 0 fully saturated rings. The van der Waals surface area contributed by atoms with Crippen molar-refractivity contribution in [2.24, 2.45) is 7.05 Å². The van der Waals surface area contributed by atoms with Gasteiger partial charge < -0.3 is 15.7 Å². The Bertz CT molecular complexity index is 667. The number of aromatic nitrogens is 2. The van der Waals surface area contributed by atoms with Gasteiger partial charge in [0, 0.05) is 43.9 Å². The fraction of sp³-hybridized carbons (Fsp3) is 0.312. The summed E-state index contributed by atoms with van der Waals surface area (Å²) in [7, 11) is 1.84. The summed E-state index contributed by atoms with van der Waals surface area (Å²) in [6.45, 7) is 0.680. The quantitative estimate of drug-likeness (QED) is 0.678. The molecule has 2 rings (SSSR count). The number of hydrogen-bond acceptors (Lipinski definition) is 3. The largest absolute Gasteiger partial charge is 0.481 e. The lowest BCUT2D eigenvalue weighted by atomic mass is 10.1. The number of carbonyl (C=O) groups excluding carboxylic acids is 1. The van der Waals surface area contributed by atoms with Crippen LogP contribution in [-0.2, 0) is 18.4 Å². The van der Waals surface area contributed by atoms with Gasteiger partial charge in [0.25, 0.3) is 0 Å². The van der Waals surface area contributed by atoms with E-state index in [0.717, 1.165) is 16.8 Å². The van der Waals surface area contributed by atoms with Gasteiger partial charge in [-0.2, -0.15) is 5.10 Å². The number of nitrogens with zero attached hydrogens (tertiary/aromatic N) is 2. The number of aliphatic carboxylic acids is 1. The lowest BCUT2D eigenvalue weighted by Gasteiger charge is -2.07. The van der Waals surface area contributed by atoms with E-state index in [1.807, 2.05) is 43.6 Å². The third kappa shape index (κ3) is 5.14. The maximum Gasteiger partial charge on any atom is 0.315 e. The third-order valence-electron chi connectivity index (χ3n) is 3.24. The number of aryl methyl sites for hydroxylation is 1. The minimum atomic E-state index is -0.866. The Balaban J connectivity index is 1.89. The number of carboxylic acid groups (broad SMARTS) is 1. The summed E-state index contributed by atoms with van der Waals surface area (Å²) in [6.07, 6.45) is 2.32. The summed E-state index contributed by atoms with van der Waals surface area (Å²) in [5.41, 5.74) is 2.74. The molecular weight excluding hydrogens is 296 g/mol. The monoisotopic (exact) mass is 316 g/mol. The van der Waals surface area contributed by atoms with Crippen molar-refractivity contribution in [2.45, 2.75) is 19.4 Å². The number of rotatable bonds is 7. The SMILES string of the molecule is Cn1cc(CNC(=O)NCCCC(=O)O)c(-c2ccccc2)n1. The maximum atomic E-state index is 11.7. The molecule has 0 unspecified atom stereocenters. The molecule has 7 heteroatoms. The predicted molar refractivity (Wildman–Crippen MR) is 85.8 cm³/mol. The lowest BCUT2D eigenvalue weighted by molar-refractivity contribution is -0.137. The number of urea groups is 1. The topological polar surface area (TPSA) is 96.2 Å². The second kappa shape index (κ2) is 7.98. The van der Waals surface area contributed by atoms with Gasteiger partial charge in [-0.05, 0) is 6.42 Å². The van der Waals surface area contributed by atoms with E-state index in [0.29, 0.717) is 19.5 Å². The van der Waals surface area contributed by atoms with E-state index in [1.165, 1.54) is 0 Å². The first-order valence-electron chi connectivity index (χ1n) is 7.37. The molecule has 1 aromatic heterocycles. The maximum absolute atomic E-state index is 11.7. The summed E-state index contributed by atoms with van der Waals surface area (Å²) in [5.74, 6) is -0.866. The average molecular weight is 316 g/mol. The number of nitrogens with one attached hydrogen (secondary N) is 2. The molecule has 0 aliphatic carbocycles. The molecule has 0 atom stereocenters. The Hall–Kier alpha value is -2.83. The van der Waals surface area contributed by atoms with E-state index >= 15 is 0 Å². The summed E-state index contributed by atoms with van der Waals surface area (Å²) in [6, 6.07) is 9.44. The lowest BCUT2D eigenvalue weighted by Crippen LogP contribution is -2.35. The van der Waals surface area contributed by atoms with E-state index in [1.54, 1.807) is 4.68 Å². The first-order chi connectivity index (χ1) is 11.1. The van der Waals surface area contributed by atoms with Crippen molar-refractivity contribution in [3.63, 3.8) is 0 Å². The van der Waals surface area contributed by atoms with Gasteiger partial charge in [-0.3, -0.25) is 9.48 Å². The Morgan fingerprint density at radius 3 is 2.65 bits per heavy atom. The minimum Gasteiger partial charge on any atom is -0.481 e. The number of carbonyl (C=O) groups is 2. The summed E-state index contributed by atoms with van der Waals surface area (Å²) >= 11 is 0. The van der Waals surface area contributed by atoms with E-state index in [2.05, 4.69) is 15.7 Å². The van der Waals surface area contributed by atoms with Gasteiger partial charge in [0.05, 0.1) is 5.69 Å². The van der Waals surface area contributed by atoms with Crippen LogP contribution in [-0.4, -0.2) is 33.4 Å². The highest BCUT2D eigenvalue weighted by Crippen LogP contribution is 2.21. The molecule has 2 aromatic rings. The van der Waals surface area contributed by atoms with Crippen molar-refractivity contribution in [1.29, 1.82) is 0 Å². The summed E-state index contributed by atoms with van der Waals surface area (Å²) in [5, 5.41) is 18.4. The molecule has 122 valence electrons. The Kier molecular flexibility index (Phi) is 5.74. The summed E-state index contributed by atoms with van der Waals surface area (Å²) < 4.78 is 1.71. The molecule has 0 bridgehead atoms. The average Bonchev–Trinajstić information content (AvgIpc) is 2.91. The molecule has 7 nitrogen and oxygen atoms in total. The van der Waals surface area contributed by atoms with E-state index < -0.39 is 5.97 Å². The Morgan fingerprint density at radius 1 is 1.22 bits per heavy atom. The molecule has 1 aromatic carbocycles. The van der Waals surface area contributed by atoms with E-state index in [9.17, 15) is 9.59 Å². The van der Waals surface area contributed by atoms with Crippen LogP contribution >= 0.6 is 0 Å². The van der Waals surface area contributed by atoms with Crippen molar-refractivity contribution in [1.82, 2.24) is 20.4 Å². The van der Waals surface area contributed by atoms with Crippen LogP contribution in [0.25, 0.3) is 11.3 Å². The summed E-state index contributed by atoms with van der Waals surface area (Å²) in [4.78, 5) is 22.1. The molecule has 0 radical (unpaired) electrons. The van der Waals surface area contributed by atoms with Crippen molar-refractivity contribution in [3.05, 3.63) is 42.1 Å². The zero-order valence-corrected chi connectivity index (χ0v) is 13.0. The fourth-order valence-electron chi connectivity index (χ4n) is 2.19. The molecule has 1 heterocycles. The van der Waals surface area contributed by atoms with Crippen LogP contribution in [0.4, 0.5) is 4.79 Å². The first-order valence-corrected chi connectivity index (χ1v) is 7.37. The van der Waals surface area contributed by atoms with Crippen LogP contribution in [0.5, 0.6) is 0 Å². The highest BCUT2D eigenvalue weighted by molar-refractivity contribution is 5.74. The molecule has 3 N–H and O–H groups in total. The van der Waals surface area contributed by atoms with E-state index in [4.69, 9.17) is 5.11 Å². The molecular formula is C16H20N4O3. The Labute approximate surface area is 134 Å². The molecule has 23 heavy (non-hydrogen) atoms. The van der Waals surface area contributed by atoms with Gasteiger partial charge in [-0.15, -0.1) is 0 Å². The van der Waals surface area contributed by atoms with Crippen LogP contribution < -0.4 is 10.6 Å². The van der Waals surface area contributed by atoms with Crippen LogP contribution in [0.15, 0.2) is 36.5 Å². The predicted octanol–water partition coefficient (Wildman–Crippen LogP) is 1.75. The third-order valence-corrected chi connectivity index (χ3v) is 3.24. The van der Waals surface area contributed by atoms with Gasteiger partial charge >= 0.3 is 12.0 Å². The van der Waals surface area contributed by atoms with Gasteiger partial charge in [-0.25, -0.2) is 4.79 Å². The smallest absolute Gasteiger partial charge is 0.315 e. The molecule has 0 aliphatic rings. The minimum absolute atomic E-state index is 0.0427. The van der Waals surface area contributed by atoms with Crippen molar-refractivity contribution in [2.75, 3.05) is 6.54 Å². The van der Waals surface area contributed by atoms with E-state index in [-0.39, 0.29) is 12.5 Å². The molecule has 2 amide bonds. The van der Waals surface area contributed by atoms with Gasteiger partial charge in [0.2, 0.25) is 0 Å². The van der Waals surface area contributed by atoms with Crippen molar-refractivity contribution >= 4 is 12.0 Å². The molecule has 0 saturated carbocycles. The van der Waals surface area contributed by atoms with Gasteiger partial charge in [-0.1, -0.05) is 30.3 Å².